The number of ether oxygens (including phenoxy) is 1. The topological polar surface area (TPSA) is 29.5 Å². The van der Waals surface area contributed by atoms with E-state index >= 15 is 0 Å². The molecular formula is C17H19FO2. The van der Waals surface area contributed by atoms with Gasteiger partial charge in [-0.3, -0.25) is 0 Å². The van der Waals surface area contributed by atoms with Crippen molar-refractivity contribution in [2.75, 3.05) is 0 Å². The lowest BCUT2D eigenvalue weighted by Crippen LogP contribution is -2.00. The first-order valence-corrected chi connectivity index (χ1v) is 6.62. The molecule has 0 aliphatic rings. The number of benzene rings is 2. The number of aliphatic hydroxyl groups excluding tert-OH is 1. The summed E-state index contributed by atoms with van der Waals surface area (Å²) in [5.41, 5.74) is 3.11. The Kier molecular flexibility index (Phi) is 4.09. The van der Waals surface area contributed by atoms with Crippen LogP contribution in [-0.2, 0) is 0 Å². The minimum atomic E-state index is -0.787. The Labute approximate surface area is 118 Å². The van der Waals surface area contributed by atoms with Crippen LogP contribution in [0.5, 0.6) is 11.5 Å². The van der Waals surface area contributed by atoms with E-state index in [4.69, 9.17) is 4.74 Å². The first kappa shape index (κ1) is 14.5. The summed E-state index contributed by atoms with van der Waals surface area (Å²) in [4.78, 5) is 0. The standard InChI is InChI=1S/C17H19FO2/c1-10-6-5-7-16(12(10)3)20-17-8-11(2)15(18)9-14(17)13(4)19/h5-9,13,19H,1-4H3. The van der Waals surface area contributed by atoms with Gasteiger partial charge in [-0.1, -0.05) is 12.1 Å². The van der Waals surface area contributed by atoms with Gasteiger partial charge in [0.2, 0.25) is 0 Å². The summed E-state index contributed by atoms with van der Waals surface area (Å²) in [5.74, 6) is 0.875. The molecule has 0 bridgehead atoms. The summed E-state index contributed by atoms with van der Waals surface area (Å²) >= 11 is 0. The van der Waals surface area contributed by atoms with Gasteiger partial charge in [0.25, 0.3) is 0 Å². The predicted octanol–water partition coefficient (Wildman–Crippen LogP) is 4.60. The van der Waals surface area contributed by atoms with Crippen LogP contribution in [0.1, 0.15) is 35.3 Å². The van der Waals surface area contributed by atoms with Gasteiger partial charge in [-0.15, -0.1) is 0 Å². The summed E-state index contributed by atoms with van der Waals surface area (Å²) in [5, 5.41) is 9.78. The Morgan fingerprint density at radius 1 is 1.05 bits per heavy atom. The maximum absolute atomic E-state index is 13.6. The summed E-state index contributed by atoms with van der Waals surface area (Å²) < 4.78 is 19.5. The first-order valence-electron chi connectivity index (χ1n) is 6.62. The molecule has 0 amide bonds. The average Bonchev–Trinajstić information content (AvgIpc) is 2.38. The molecule has 0 aliphatic heterocycles. The molecule has 1 unspecified atom stereocenters. The van der Waals surface area contributed by atoms with Crippen molar-refractivity contribution in [2.45, 2.75) is 33.8 Å². The van der Waals surface area contributed by atoms with Crippen LogP contribution >= 0.6 is 0 Å². The molecule has 0 heterocycles. The van der Waals surface area contributed by atoms with Crippen LogP contribution in [0.25, 0.3) is 0 Å². The van der Waals surface area contributed by atoms with E-state index in [0.29, 0.717) is 16.9 Å². The molecule has 0 aromatic heterocycles. The molecule has 0 aliphatic carbocycles. The zero-order chi connectivity index (χ0) is 14.9. The monoisotopic (exact) mass is 274 g/mol. The van der Waals surface area contributed by atoms with Crippen LogP contribution in [0.4, 0.5) is 4.39 Å². The van der Waals surface area contributed by atoms with Gasteiger partial charge in [-0.25, -0.2) is 4.39 Å². The van der Waals surface area contributed by atoms with Crippen molar-refractivity contribution in [1.29, 1.82) is 0 Å². The molecule has 2 aromatic rings. The van der Waals surface area contributed by atoms with Gasteiger partial charge in [-0.05, 0) is 62.6 Å². The van der Waals surface area contributed by atoms with Crippen LogP contribution in [0, 0.1) is 26.6 Å². The van der Waals surface area contributed by atoms with Crippen LogP contribution in [-0.4, -0.2) is 5.11 Å². The van der Waals surface area contributed by atoms with Gasteiger partial charge in [-0.2, -0.15) is 0 Å². The van der Waals surface area contributed by atoms with Gasteiger partial charge in [0.15, 0.2) is 0 Å². The molecule has 2 aromatic carbocycles. The Morgan fingerprint density at radius 2 is 1.75 bits per heavy atom. The molecule has 106 valence electrons. The minimum Gasteiger partial charge on any atom is -0.457 e. The fraction of sp³-hybridized carbons (Fsp3) is 0.294. The van der Waals surface area contributed by atoms with E-state index in [1.165, 1.54) is 6.07 Å². The van der Waals surface area contributed by atoms with Crippen molar-refractivity contribution in [3.8, 4) is 11.5 Å². The minimum absolute atomic E-state index is 0.339. The third-order valence-corrected chi connectivity index (χ3v) is 3.52. The number of halogens is 1. The van der Waals surface area contributed by atoms with E-state index in [-0.39, 0.29) is 5.82 Å². The Morgan fingerprint density at radius 3 is 2.40 bits per heavy atom. The quantitative estimate of drug-likeness (QED) is 0.886. The highest BCUT2D eigenvalue weighted by Gasteiger charge is 2.14. The first-order chi connectivity index (χ1) is 9.40. The zero-order valence-corrected chi connectivity index (χ0v) is 12.2. The molecule has 0 saturated carbocycles. The smallest absolute Gasteiger partial charge is 0.133 e. The molecule has 1 atom stereocenters. The van der Waals surface area contributed by atoms with Crippen LogP contribution in [0.2, 0.25) is 0 Å². The summed E-state index contributed by atoms with van der Waals surface area (Å²) in [6, 6.07) is 8.75. The van der Waals surface area contributed by atoms with Crippen molar-refractivity contribution < 1.29 is 14.2 Å². The van der Waals surface area contributed by atoms with E-state index in [9.17, 15) is 9.50 Å². The van der Waals surface area contributed by atoms with Gasteiger partial charge in [0.1, 0.15) is 17.3 Å². The van der Waals surface area contributed by atoms with Crippen LogP contribution in [0.15, 0.2) is 30.3 Å². The zero-order valence-electron chi connectivity index (χ0n) is 12.2. The van der Waals surface area contributed by atoms with E-state index in [0.717, 1.165) is 16.9 Å². The van der Waals surface area contributed by atoms with Crippen molar-refractivity contribution >= 4 is 0 Å². The molecule has 0 radical (unpaired) electrons. The summed E-state index contributed by atoms with van der Waals surface area (Å²) in [7, 11) is 0. The second-order valence-electron chi connectivity index (χ2n) is 5.12. The number of aryl methyl sites for hydroxylation is 2. The highest BCUT2D eigenvalue weighted by atomic mass is 19.1. The van der Waals surface area contributed by atoms with Crippen molar-refractivity contribution in [3.05, 3.63) is 58.4 Å². The maximum Gasteiger partial charge on any atom is 0.133 e. The third-order valence-electron chi connectivity index (χ3n) is 3.52. The fourth-order valence-electron chi connectivity index (χ4n) is 2.04. The normalized spacial score (nSPS) is 12.3. The molecule has 0 spiro atoms. The van der Waals surface area contributed by atoms with Crippen LogP contribution in [0.3, 0.4) is 0 Å². The predicted molar refractivity (Wildman–Crippen MR) is 77.8 cm³/mol. The number of hydrogen-bond donors (Lipinski definition) is 1. The molecule has 3 heteroatoms. The van der Waals surface area contributed by atoms with Crippen molar-refractivity contribution in [2.24, 2.45) is 0 Å². The van der Waals surface area contributed by atoms with E-state index in [2.05, 4.69) is 0 Å². The lowest BCUT2D eigenvalue weighted by Gasteiger charge is -2.16. The highest BCUT2D eigenvalue weighted by Crippen LogP contribution is 2.33. The van der Waals surface area contributed by atoms with E-state index < -0.39 is 6.10 Å². The summed E-state index contributed by atoms with van der Waals surface area (Å²) in [6.45, 7) is 7.26. The lowest BCUT2D eigenvalue weighted by atomic mass is 10.1. The Hall–Kier alpha value is -1.87. The second kappa shape index (κ2) is 5.63. The molecule has 20 heavy (non-hydrogen) atoms. The van der Waals surface area contributed by atoms with Gasteiger partial charge in [0, 0.05) is 5.56 Å². The van der Waals surface area contributed by atoms with Crippen molar-refractivity contribution in [3.63, 3.8) is 0 Å². The van der Waals surface area contributed by atoms with Crippen molar-refractivity contribution in [1.82, 2.24) is 0 Å². The highest BCUT2D eigenvalue weighted by molar-refractivity contribution is 5.45. The SMILES string of the molecule is Cc1cc(Oc2cccc(C)c2C)c(C(C)O)cc1F. The van der Waals surface area contributed by atoms with Gasteiger partial charge >= 0.3 is 0 Å². The van der Waals surface area contributed by atoms with Gasteiger partial charge < -0.3 is 9.84 Å². The average molecular weight is 274 g/mol. The largest absolute Gasteiger partial charge is 0.457 e. The van der Waals surface area contributed by atoms with Crippen LogP contribution < -0.4 is 4.74 Å². The summed E-state index contributed by atoms with van der Waals surface area (Å²) in [6.07, 6.45) is -0.787. The van der Waals surface area contributed by atoms with Gasteiger partial charge in [0.05, 0.1) is 6.10 Å². The molecule has 0 saturated heterocycles. The Balaban J connectivity index is 2.47. The van der Waals surface area contributed by atoms with E-state index in [1.54, 1.807) is 19.9 Å². The molecule has 1 N–H and O–H groups in total. The number of hydrogen-bond acceptors (Lipinski definition) is 2. The third kappa shape index (κ3) is 2.83. The molecule has 0 fully saturated rings. The molecule has 2 nitrogen and oxygen atoms in total. The fourth-order valence-corrected chi connectivity index (χ4v) is 2.04. The lowest BCUT2D eigenvalue weighted by molar-refractivity contribution is 0.195. The van der Waals surface area contributed by atoms with E-state index in [1.807, 2.05) is 32.0 Å². The molecule has 2 rings (SSSR count). The maximum atomic E-state index is 13.6. The molecular weight excluding hydrogens is 255 g/mol. The number of rotatable bonds is 3. The number of aliphatic hydroxyl groups is 1. The Bertz CT molecular complexity index is 633. The second-order valence-corrected chi connectivity index (χ2v) is 5.12.